The van der Waals surface area contributed by atoms with Crippen molar-refractivity contribution in [3.8, 4) is 0 Å². The standard InChI is InChI=1S/C10H15BrN2OS/c1-7(2)9(11)10(14)13-4-3-8-12-5-6-15-8/h5-7,9H,3-4H2,1-2H3,(H,13,14). The van der Waals surface area contributed by atoms with E-state index in [1.165, 1.54) is 0 Å². The molecule has 5 heteroatoms. The van der Waals surface area contributed by atoms with E-state index < -0.39 is 0 Å². The van der Waals surface area contributed by atoms with Crippen LogP contribution in [0.2, 0.25) is 0 Å². The van der Waals surface area contributed by atoms with E-state index in [9.17, 15) is 4.79 Å². The first-order valence-corrected chi connectivity index (χ1v) is 6.71. The lowest BCUT2D eigenvalue weighted by molar-refractivity contribution is -0.121. The van der Waals surface area contributed by atoms with Crippen molar-refractivity contribution in [1.29, 1.82) is 0 Å². The molecule has 0 aliphatic heterocycles. The summed E-state index contributed by atoms with van der Waals surface area (Å²) in [5, 5.41) is 5.89. The Hall–Kier alpha value is -0.420. The molecule has 1 rings (SSSR count). The third-order valence-electron chi connectivity index (χ3n) is 1.96. The highest BCUT2D eigenvalue weighted by Crippen LogP contribution is 2.11. The zero-order chi connectivity index (χ0) is 11.3. The molecule has 0 aromatic carbocycles. The predicted molar refractivity (Wildman–Crippen MR) is 66.4 cm³/mol. The molecule has 0 fully saturated rings. The van der Waals surface area contributed by atoms with Crippen LogP contribution in [-0.2, 0) is 11.2 Å². The average molecular weight is 291 g/mol. The van der Waals surface area contributed by atoms with Crippen molar-refractivity contribution < 1.29 is 4.79 Å². The predicted octanol–water partition coefficient (Wildman–Crippen LogP) is 2.22. The maximum Gasteiger partial charge on any atom is 0.234 e. The summed E-state index contributed by atoms with van der Waals surface area (Å²) in [6.07, 6.45) is 2.59. The highest BCUT2D eigenvalue weighted by atomic mass is 79.9. The van der Waals surface area contributed by atoms with E-state index in [0.29, 0.717) is 12.5 Å². The lowest BCUT2D eigenvalue weighted by Crippen LogP contribution is -2.35. The molecule has 0 saturated heterocycles. The Kier molecular flexibility index (Phi) is 5.25. The zero-order valence-corrected chi connectivity index (χ0v) is 11.3. The van der Waals surface area contributed by atoms with Crippen LogP contribution in [0.1, 0.15) is 18.9 Å². The number of alkyl halides is 1. The van der Waals surface area contributed by atoms with Gasteiger partial charge in [0.05, 0.1) is 9.83 Å². The van der Waals surface area contributed by atoms with Crippen LogP contribution < -0.4 is 5.32 Å². The molecular weight excluding hydrogens is 276 g/mol. The summed E-state index contributed by atoms with van der Waals surface area (Å²) in [5.74, 6) is 0.367. The van der Waals surface area contributed by atoms with Gasteiger partial charge < -0.3 is 5.32 Å². The van der Waals surface area contributed by atoms with E-state index in [0.717, 1.165) is 11.4 Å². The van der Waals surface area contributed by atoms with E-state index in [2.05, 4.69) is 26.2 Å². The highest BCUT2D eigenvalue weighted by molar-refractivity contribution is 9.10. The van der Waals surface area contributed by atoms with Crippen molar-refractivity contribution in [2.45, 2.75) is 25.1 Å². The SMILES string of the molecule is CC(C)C(Br)C(=O)NCCc1nccs1. The third kappa shape index (κ3) is 4.30. The maximum atomic E-state index is 11.5. The van der Waals surface area contributed by atoms with Crippen LogP contribution in [0.4, 0.5) is 0 Å². The minimum Gasteiger partial charge on any atom is -0.355 e. The Labute approximate surface area is 102 Å². The lowest BCUT2D eigenvalue weighted by atomic mass is 10.1. The second kappa shape index (κ2) is 6.23. The van der Waals surface area contributed by atoms with E-state index in [4.69, 9.17) is 0 Å². The molecule has 0 spiro atoms. The summed E-state index contributed by atoms with van der Waals surface area (Å²) in [7, 11) is 0. The van der Waals surface area contributed by atoms with Crippen molar-refractivity contribution >= 4 is 33.2 Å². The number of halogens is 1. The molecule has 0 saturated carbocycles. The number of nitrogens with one attached hydrogen (secondary N) is 1. The van der Waals surface area contributed by atoms with Gasteiger partial charge in [-0.1, -0.05) is 29.8 Å². The second-order valence-electron chi connectivity index (χ2n) is 3.61. The molecule has 0 radical (unpaired) electrons. The molecule has 15 heavy (non-hydrogen) atoms. The summed E-state index contributed by atoms with van der Waals surface area (Å²) in [6, 6.07) is 0. The first-order valence-electron chi connectivity index (χ1n) is 4.91. The molecule has 1 aromatic rings. The summed E-state index contributed by atoms with van der Waals surface area (Å²) in [5.41, 5.74) is 0. The van der Waals surface area contributed by atoms with Gasteiger partial charge in [0.1, 0.15) is 0 Å². The lowest BCUT2D eigenvalue weighted by Gasteiger charge is -2.13. The Morgan fingerprint density at radius 2 is 2.40 bits per heavy atom. The monoisotopic (exact) mass is 290 g/mol. The summed E-state index contributed by atoms with van der Waals surface area (Å²) in [6.45, 7) is 4.68. The molecule has 1 heterocycles. The topological polar surface area (TPSA) is 42.0 Å². The van der Waals surface area contributed by atoms with Crippen LogP contribution in [0.25, 0.3) is 0 Å². The van der Waals surface area contributed by atoms with Gasteiger partial charge in [0, 0.05) is 24.5 Å². The fourth-order valence-electron chi connectivity index (χ4n) is 1.07. The van der Waals surface area contributed by atoms with Gasteiger partial charge in [0.2, 0.25) is 5.91 Å². The van der Waals surface area contributed by atoms with Crippen molar-refractivity contribution in [1.82, 2.24) is 10.3 Å². The number of hydrogen-bond donors (Lipinski definition) is 1. The maximum absolute atomic E-state index is 11.5. The second-order valence-corrected chi connectivity index (χ2v) is 5.58. The Balaban J connectivity index is 2.23. The third-order valence-corrected chi connectivity index (χ3v) is 4.27. The van der Waals surface area contributed by atoms with Crippen molar-refractivity contribution in [2.75, 3.05) is 6.54 Å². The van der Waals surface area contributed by atoms with Gasteiger partial charge in [-0.15, -0.1) is 11.3 Å². The van der Waals surface area contributed by atoms with Crippen LogP contribution in [-0.4, -0.2) is 22.3 Å². The number of thiazole rings is 1. The van der Waals surface area contributed by atoms with Gasteiger partial charge in [-0.05, 0) is 5.92 Å². The quantitative estimate of drug-likeness (QED) is 0.845. The summed E-state index contributed by atoms with van der Waals surface area (Å²) >= 11 is 4.98. The Morgan fingerprint density at radius 1 is 1.67 bits per heavy atom. The molecule has 1 amide bonds. The van der Waals surface area contributed by atoms with E-state index in [-0.39, 0.29) is 10.7 Å². The van der Waals surface area contributed by atoms with Gasteiger partial charge in [0.15, 0.2) is 0 Å². The molecule has 1 aromatic heterocycles. The molecule has 3 nitrogen and oxygen atoms in total. The van der Waals surface area contributed by atoms with Gasteiger partial charge >= 0.3 is 0 Å². The van der Waals surface area contributed by atoms with Crippen molar-refractivity contribution in [3.05, 3.63) is 16.6 Å². The van der Waals surface area contributed by atoms with Crippen LogP contribution in [0.5, 0.6) is 0 Å². The number of rotatable bonds is 5. The van der Waals surface area contributed by atoms with Crippen LogP contribution in [0.15, 0.2) is 11.6 Å². The van der Waals surface area contributed by atoms with Gasteiger partial charge in [0.25, 0.3) is 0 Å². The number of amides is 1. The van der Waals surface area contributed by atoms with Gasteiger partial charge in [-0.2, -0.15) is 0 Å². The van der Waals surface area contributed by atoms with Gasteiger partial charge in [-0.25, -0.2) is 4.98 Å². The molecule has 84 valence electrons. The van der Waals surface area contributed by atoms with Crippen molar-refractivity contribution in [2.24, 2.45) is 5.92 Å². The van der Waals surface area contributed by atoms with Crippen LogP contribution >= 0.6 is 27.3 Å². The number of aromatic nitrogens is 1. The fourth-order valence-corrected chi connectivity index (χ4v) is 1.85. The number of carbonyl (C=O) groups excluding carboxylic acids is 1. The zero-order valence-electron chi connectivity index (χ0n) is 8.87. The average Bonchev–Trinajstić information content (AvgIpc) is 2.69. The molecule has 1 unspecified atom stereocenters. The largest absolute Gasteiger partial charge is 0.355 e. The fraction of sp³-hybridized carbons (Fsp3) is 0.600. The van der Waals surface area contributed by atoms with E-state index in [1.54, 1.807) is 17.5 Å². The number of carbonyl (C=O) groups is 1. The molecule has 1 atom stereocenters. The first kappa shape index (κ1) is 12.6. The Morgan fingerprint density at radius 3 is 2.93 bits per heavy atom. The minimum absolute atomic E-state index is 0.0570. The summed E-state index contributed by atoms with van der Waals surface area (Å²) < 4.78 is 0. The number of hydrogen-bond acceptors (Lipinski definition) is 3. The van der Waals surface area contributed by atoms with Gasteiger partial charge in [-0.3, -0.25) is 4.79 Å². The smallest absolute Gasteiger partial charge is 0.234 e. The first-order chi connectivity index (χ1) is 7.11. The molecule has 0 bridgehead atoms. The van der Waals surface area contributed by atoms with E-state index in [1.807, 2.05) is 19.2 Å². The molecule has 0 aliphatic carbocycles. The van der Waals surface area contributed by atoms with Crippen LogP contribution in [0, 0.1) is 5.92 Å². The summed E-state index contributed by atoms with van der Waals surface area (Å²) in [4.78, 5) is 15.6. The normalized spacial score (nSPS) is 12.8. The minimum atomic E-state index is -0.103. The van der Waals surface area contributed by atoms with Crippen molar-refractivity contribution in [3.63, 3.8) is 0 Å². The molecule has 1 N–H and O–H groups in total. The number of nitrogens with zero attached hydrogens (tertiary/aromatic N) is 1. The molecular formula is C10H15BrN2OS. The van der Waals surface area contributed by atoms with E-state index >= 15 is 0 Å². The molecule has 0 aliphatic rings. The van der Waals surface area contributed by atoms with Crippen LogP contribution in [0.3, 0.4) is 0 Å². The Bertz CT molecular complexity index is 300. The highest BCUT2D eigenvalue weighted by Gasteiger charge is 2.17.